The second-order valence-electron chi connectivity index (χ2n) is 4.56. The maximum Gasteiger partial charge on any atom is 0.251 e. The fraction of sp³-hybridized carbons (Fsp3) is 0.462. The Morgan fingerprint density at radius 2 is 2.28 bits per heavy atom. The average molecular weight is 334 g/mol. The lowest BCUT2D eigenvalue weighted by Gasteiger charge is -2.30. The Morgan fingerprint density at radius 3 is 2.94 bits per heavy atom. The van der Waals surface area contributed by atoms with Crippen LogP contribution in [0.15, 0.2) is 28.7 Å². The van der Waals surface area contributed by atoms with Crippen molar-refractivity contribution in [2.75, 3.05) is 13.1 Å². The van der Waals surface area contributed by atoms with Crippen molar-refractivity contribution in [1.82, 2.24) is 10.6 Å². The van der Waals surface area contributed by atoms with E-state index in [-0.39, 0.29) is 24.4 Å². The van der Waals surface area contributed by atoms with Crippen molar-refractivity contribution >= 4 is 34.2 Å². The molecule has 100 valence electrons. The van der Waals surface area contributed by atoms with Crippen LogP contribution in [0.5, 0.6) is 0 Å². The Morgan fingerprint density at radius 1 is 1.50 bits per heavy atom. The normalized spacial score (nSPS) is 23.0. The highest BCUT2D eigenvalue weighted by molar-refractivity contribution is 9.10. The second-order valence-corrected chi connectivity index (χ2v) is 5.48. The van der Waals surface area contributed by atoms with Gasteiger partial charge in [0.15, 0.2) is 0 Å². The Hall–Kier alpha value is -0.580. The summed E-state index contributed by atoms with van der Waals surface area (Å²) in [7, 11) is 0. The van der Waals surface area contributed by atoms with E-state index in [1.165, 1.54) is 0 Å². The van der Waals surface area contributed by atoms with Crippen LogP contribution in [0, 0.1) is 5.92 Å². The molecule has 1 amide bonds. The highest BCUT2D eigenvalue weighted by atomic mass is 79.9. The van der Waals surface area contributed by atoms with Crippen molar-refractivity contribution in [2.45, 2.75) is 19.4 Å². The summed E-state index contributed by atoms with van der Waals surface area (Å²) in [6.07, 6.45) is 1.00. The van der Waals surface area contributed by atoms with E-state index in [0.29, 0.717) is 11.5 Å². The molecule has 5 heteroatoms. The van der Waals surface area contributed by atoms with E-state index in [1.54, 1.807) is 0 Å². The van der Waals surface area contributed by atoms with Gasteiger partial charge in [0.05, 0.1) is 0 Å². The Kier molecular flexibility index (Phi) is 6.12. The van der Waals surface area contributed by atoms with Crippen LogP contribution >= 0.6 is 28.3 Å². The monoisotopic (exact) mass is 332 g/mol. The van der Waals surface area contributed by atoms with Crippen LogP contribution < -0.4 is 10.6 Å². The molecule has 0 spiro atoms. The first kappa shape index (κ1) is 15.5. The molecule has 0 radical (unpaired) electrons. The molecular formula is C13H18BrClN2O. The summed E-state index contributed by atoms with van der Waals surface area (Å²) in [4.78, 5) is 12.1. The molecule has 1 aliphatic heterocycles. The molecule has 0 aliphatic carbocycles. The SMILES string of the molecule is CC1CNCCC1NC(=O)c1cccc(Br)c1.Cl. The number of rotatable bonds is 2. The number of amides is 1. The van der Waals surface area contributed by atoms with Crippen molar-refractivity contribution in [3.8, 4) is 0 Å². The maximum atomic E-state index is 12.1. The van der Waals surface area contributed by atoms with Crippen molar-refractivity contribution in [3.05, 3.63) is 34.3 Å². The van der Waals surface area contributed by atoms with Gasteiger partial charge in [-0.15, -0.1) is 12.4 Å². The van der Waals surface area contributed by atoms with Gasteiger partial charge < -0.3 is 10.6 Å². The molecule has 1 aromatic rings. The lowest BCUT2D eigenvalue weighted by atomic mass is 9.95. The predicted molar refractivity (Wildman–Crippen MR) is 79.3 cm³/mol. The average Bonchev–Trinajstić information content (AvgIpc) is 2.32. The lowest BCUT2D eigenvalue weighted by molar-refractivity contribution is 0.0914. The molecule has 0 saturated carbocycles. The molecule has 2 unspecified atom stereocenters. The van der Waals surface area contributed by atoms with E-state index in [4.69, 9.17) is 0 Å². The summed E-state index contributed by atoms with van der Waals surface area (Å²) in [5.74, 6) is 0.505. The molecule has 1 aliphatic rings. The molecule has 2 N–H and O–H groups in total. The van der Waals surface area contributed by atoms with Gasteiger partial charge in [-0.3, -0.25) is 4.79 Å². The molecule has 0 bridgehead atoms. The highest BCUT2D eigenvalue weighted by Crippen LogP contribution is 2.14. The summed E-state index contributed by atoms with van der Waals surface area (Å²) in [5, 5.41) is 6.44. The molecular weight excluding hydrogens is 316 g/mol. The molecule has 3 nitrogen and oxygen atoms in total. The maximum absolute atomic E-state index is 12.1. The van der Waals surface area contributed by atoms with Gasteiger partial charge in [0.25, 0.3) is 5.91 Å². The van der Waals surface area contributed by atoms with Gasteiger partial charge in [-0.25, -0.2) is 0 Å². The first-order valence-electron chi connectivity index (χ1n) is 5.94. The van der Waals surface area contributed by atoms with E-state index in [1.807, 2.05) is 24.3 Å². The molecule has 2 atom stereocenters. The van der Waals surface area contributed by atoms with Crippen LogP contribution in [0.4, 0.5) is 0 Å². The topological polar surface area (TPSA) is 41.1 Å². The molecule has 0 aromatic heterocycles. The van der Waals surface area contributed by atoms with Crippen LogP contribution in [0.25, 0.3) is 0 Å². The quantitative estimate of drug-likeness (QED) is 0.873. The minimum absolute atomic E-state index is 0. The highest BCUT2D eigenvalue weighted by Gasteiger charge is 2.22. The van der Waals surface area contributed by atoms with E-state index < -0.39 is 0 Å². The Bertz CT molecular complexity index is 414. The second kappa shape index (κ2) is 7.12. The number of nitrogens with one attached hydrogen (secondary N) is 2. The van der Waals surface area contributed by atoms with Crippen molar-refractivity contribution in [1.29, 1.82) is 0 Å². The number of carbonyl (C=O) groups excluding carboxylic acids is 1. The number of halogens is 2. The number of hydrogen-bond acceptors (Lipinski definition) is 2. The lowest BCUT2D eigenvalue weighted by Crippen LogP contribution is -2.48. The van der Waals surface area contributed by atoms with E-state index in [2.05, 4.69) is 33.5 Å². The van der Waals surface area contributed by atoms with Crippen LogP contribution in [0.3, 0.4) is 0 Å². The number of piperidine rings is 1. The molecule has 1 aromatic carbocycles. The van der Waals surface area contributed by atoms with E-state index in [0.717, 1.165) is 24.0 Å². The summed E-state index contributed by atoms with van der Waals surface area (Å²) >= 11 is 3.38. The first-order chi connectivity index (χ1) is 8.16. The van der Waals surface area contributed by atoms with Crippen LogP contribution in [-0.2, 0) is 0 Å². The first-order valence-corrected chi connectivity index (χ1v) is 6.73. The number of carbonyl (C=O) groups is 1. The van der Waals surface area contributed by atoms with Gasteiger partial charge in [-0.1, -0.05) is 28.9 Å². The van der Waals surface area contributed by atoms with Gasteiger partial charge in [-0.2, -0.15) is 0 Å². The summed E-state index contributed by atoms with van der Waals surface area (Å²) in [5.41, 5.74) is 0.713. The Balaban J connectivity index is 0.00000162. The van der Waals surface area contributed by atoms with Crippen molar-refractivity contribution < 1.29 is 4.79 Å². The van der Waals surface area contributed by atoms with Crippen molar-refractivity contribution in [3.63, 3.8) is 0 Å². The molecule has 1 heterocycles. The smallest absolute Gasteiger partial charge is 0.251 e. The third kappa shape index (κ3) is 3.97. The largest absolute Gasteiger partial charge is 0.349 e. The van der Waals surface area contributed by atoms with Gasteiger partial charge in [0.2, 0.25) is 0 Å². The molecule has 1 fully saturated rings. The van der Waals surface area contributed by atoms with Gasteiger partial charge in [0, 0.05) is 16.1 Å². The third-order valence-electron chi connectivity index (χ3n) is 3.19. The number of benzene rings is 1. The van der Waals surface area contributed by atoms with Crippen LogP contribution in [0.2, 0.25) is 0 Å². The van der Waals surface area contributed by atoms with Gasteiger partial charge in [0.1, 0.15) is 0 Å². The van der Waals surface area contributed by atoms with Gasteiger partial charge >= 0.3 is 0 Å². The van der Waals surface area contributed by atoms with Crippen LogP contribution in [0.1, 0.15) is 23.7 Å². The summed E-state index contributed by atoms with van der Waals surface area (Å²) < 4.78 is 0.934. The van der Waals surface area contributed by atoms with E-state index >= 15 is 0 Å². The fourth-order valence-electron chi connectivity index (χ4n) is 2.11. The van der Waals surface area contributed by atoms with E-state index in [9.17, 15) is 4.79 Å². The minimum atomic E-state index is 0. The van der Waals surface area contributed by atoms with Crippen molar-refractivity contribution in [2.24, 2.45) is 5.92 Å². The molecule has 18 heavy (non-hydrogen) atoms. The molecule has 1 saturated heterocycles. The minimum Gasteiger partial charge on any atom is -0.349 e. The fourth-order valence-corrected chi connectivity index (χ4v) is 2.51. The Labute approximate surface area is 122 Å². The zero-order valence-corrected chi connectivity index (χ0v) is 12.7. The standard InChI is InChI=1S/C13H17BrN2O.ClH/c1-9-8-15-6-5-12(9)16-13(17)10-3-2-4-11(14)7-10;/h2-4,7,9,12,15H,5-6,8H2,1H3,(H,16,17);1H. The van der Waals surface area contributed by atoms with Gasteiger partial charge in [-0.05, 0) is 43.6 Å². The third-order valence-corrected chi connectivity index (χ3v) is 3.68. The van der Waals surface area contributed by atoms with Crippen LogP contribution in [-0.4, -0.2) is 25.0 Å². The zero-order valence-electron chi connectivity index (χ0n) is 10.3. The molecule has 2 rings (SSSR count). The number of hydrogen-bond donors (Lipinski definition) is 2. The zero-order chi connectivity index (χ0) is 12.3. The summed E-state index contributed by atoms with van der Waals surface area (Å²) in [6, 6.07) is 7.77. The predicted octanol–water partition coefficient (Wildman–Crippen LogP) is 2.60. The summed E-state index contributed by atoms with van der Waals surface area (Å²) in [6.45, 7) is 4.12.